The van der Waals surface area contributed by atoms with E-state index < -0.39 is 0 Å². The Morgan fingerprint density at radius 3 is 3.00 bits per heavy atom. The molecule has 1 N–H and O–H groups in total. The van der Waals surface area contributed by atoms with Crippen molar-refractivity contribution in [3.05, 3.63) is 0 Å². The van der Waals surface area contributed by atoms with Crippen molar-refractivity contribution in [2.75, 3.05) is 0 Å². The lowest BCUT2D eigenvalue weighted by molar-refractivity contribution is 0.755. The first-order chi connectivity index (χ1) is 3.83. The topological polar surface area (TPSA) is 24.4 Å². The van der Waals surface area contributed by atoms with Crippen LogP contribution in [0.3, 0.4) is 0 Å². The Kier molecular flexibility index (Phi) is 1.45. The van der Waals surface area contributed by atoms with Crippen molar-refractivity contribution in [3.63, 3.8) is 0 Å². The molecule has 0 bridgehead atoms. The van der Waals surface area contributed by atoms with E-state index in [1.165, 1.54) is 0 Å². The van der Waals surface area contributed by atoms with Crippen LogP contribution in [0.1, 0.15) is 6.92 Å². The summed E-state index contributed by atoms with van der Waals surface area (Å²) in [5, 5.41) is 4.92. The Balaban J connectivity index is 2.53. The predicted octanol–water partition coefficient (Wildman–Crippen LogP) is 0.615. The summed E-state index contributed by atoms with van der Waals surface area (Å²) in [7, 11) is 0. The zero-order chi connectivity index (χ0) is 5.98. The second-order valence-corrected chi connectivity index (χ2v) is 2.78. The molecule has 0 amide bonds. The molecular weight excluding hydrogens is 120 g/mol. The Hall–Kier alpha value is -0.620. The SMILES string of the molecule is C#CC1=NNC(C)S1. The van der Waals surface area contributed by atoms with Crippen LogP contribution in [0.4, 0.5) is 0 Å². The standard InChI is InChI=1S/C5H6N2S/c1-3-5-7-6-4(2)8-5/h1,4,6H,2H3. The molecule has 0 aromatic heterocycles. The molecule has 0 radical (unpaired) electrons. The number of thioether (sulfide) groups is 1. The fourth-order valence-corrected chi connectivity index (χ4v) is 1.05. The first-order valence-corrected chi connectivity index (χ1v) is 3.17. The van der Waals surface area contributed by atoms with Crippen LogP contribution >= 0.6 is 11.8 Å². The Morgan fingerprint density at radius 1 is 2.00 bits per heavy atom. The maximum Gasteiger partial charge on any atom is 0.168 e. The molecule has 0 aromatic rings. The summed E-state index contributed by atoms with van der Waals surface area (Å²) in [4.78, 5) is 0. The lowest BCUT2D eigenvalue weighted by Crippen LogP contribution is -2.09. The van der Waals surface area contributed by atoms with Gasteiger partial charge in [-0.05, 0) is 12.8 Å². The van der Waals surface area contributed by atoms with Crippen molar-refractivity contribution in [2.24, 2.45) is 5.10 Å². The third-order valence-corrected chi connectivity index (χ3v) is 1.65. The lowest BCUT2D eigenvalue weighted by Gasteiger charge is -1.94. The molecule has 0 aromatic carbocycles. The largest absolute Gasteiger partial charge is 0.295 e. The Morgan fingerprint density at radius 2 is 2.75 bits per heavy atom. The number of hydrazone groups is 1. The zero-order valence-electron chi connectivity index (χ0n) is 4.51. The van der Waals surface area contributed by atoms with Crippen molar-refractivity contribution < 1.29 is 0 Å². The second kappa shape index (κ2) is 2.10. The van der Waals surface area contributed by atoms with Crippen LogP contribution < -0.4 is 5.43 Å². The average molecular weight is 126 g/mol. The van der Waals surface area contributed by atoms with Gasteiger partial charge < -0.3 is 0 Å². The average Bonchev–Trinajstić information content (AvgIpc) is 2.14. The molecule has 2 nitrogen and oxygen atoms in total. The molecule has 0 aliphatic carbocycles. The quantitative estimate of drug-likeness (QED) is 0.481. The second-order valence-electron chi connectivity index (χ2n) is 1.45. The molecule has 1 rings (SSSR count). The lowest BCUT2D eigenvalue weighted by atomic mass is 10.8. The van der Waals surface area contributed by atoms with Gasteiger partial charge in [0.2, 0.25) is 0 Å². The van der Waals surface area contributed by atoms with Crippen molar-refractivity contribution in [2.45, 2.75) is 12.3 Å². The fraction of sp³-hybridized carbons (Fsp3) is 0.400. The monoisotopic (exact) mass is 126 g/mol. The number of rotatable bonds is 0. The van der Waals surface area contributed by atoms with Gasteiger partial charge >= 0.3 is 0 Å². The summed E-state index contributed by atoms with van der Waals surface area (Å²) >= 11 is 1.57. The van der Waals surface area contributed by atoms with E-state index in [1.54, 1.807) is 11.8 Å². The van der Waals surface area contributed by atoms with E-state index in [2.05, 4.69) is 16.4 Å². The van der Waals surface area contributed by atoms with Crippen LogP contribution in [0.15, 0.2) is 5.10 Å². The molecule has 1 aliphatic rings. The van der Waals surface area contributed by atoms with Crippen LogP contribution in [0.2, 0.25) is 0 Å². The summed E-state index contributed by atoms with van der Waals surface area (Å²) in [6.07, 6.45) is 5.05. The molecule has 0 saturated carbocycles. The summed E-state index contributed by atoms with van der Waals surface area (Å²) in [5.41, 5.74) is 2.83. The van der Waals surface area contributed by atoms with Crippen molar-refractivity contribution in [1.29, 1.82) is 0 Å². The van der Waals surface area contributed by atoms with Crippen LogP contribution in [0, 0.1) is 12.3 Å². The zero-order valence-corrected chi connectivity index (χ0v) is 5.33. The highest BCUT2D eigenvalue weighted by molar-refractivity contribution is 8.15. The number of nitrogens with one attached hydrogen (secondary N) is 1. The minimum Gasteiger partial charge on any atom is -0.295 e. The van der Waals surface area contributed by atoms with Gasteiger partial charge in [-0.1, -0.05) is 11.8 Å². The molecule has 42 valence electrons. The fourth-order valence-electron chi connectivity index (χ4n) is 0.436. The van der Waals surface area contributed by atoms with Gasteiger partial charge in [-0.2, -0.15) is 5.10 Å². The molecule has 0 fully saturated rings. The van der Waals surface area contributed by atoms with Gasteiger partial charge in [-0.25, -0.2) is 0 Å². The summed E-state index contributed by atoms with van der Waals surface area (Å²) in [6, 6.07) is 0. The molecule has 0 spiro atoms. The Labute approximate surface area is 52.7 Å². The molecule has 8 heavy (non-hydrogen) atoms. The molecule has 1 heterocycles. The van der Waals surface area contributed by atoms with E-state index in [0.717, 1.165) is 5.04 Å². The predicted molar refractivity (Wildman–Crippen MR) is 36.5 cm³/mol. The third kappa shape index (κ3) is 0.958. The van der Waals surface area contributed by atoms with E-state index in [-0.39, 0.29) is 0 Å². The smallest absolute Gasteiger partial charge is 0.168 e. The van der Waals surface area contributed by atoms with Crippen LogP contribution in [-0.2, 0) is 0 Å². The maximum absolute atomic E-state index is 5.05. The van der Waals surface area contributed by atoms with Crippen LogP contribution in [-0.4, -0.2) is 10.4 Å². The van der Waals surface area contributed by atoms with Gasteiger partial charge in [0.15, 0.2) is 5.04 Å². The minimum atomic E-state index is 0.348. The number of hydrogen-bond donors (Lipinski definition) is 1. The molecular formula is C5H6N2S. The summed E-state index contributed by atoms with van der Waals surface area (Å²) < 4.78 is 0. The third-order valence-electron chi connectivity index (χ3n) is 0.760. The van der Waals surface area contributed by atoms with E-state index >= 15 is 0 Å². The van der Waals surface area contributed by atoms with E-state index in [4.69, 9.17) is 6.42 Å². The van der Waals surface area contributed by atoms with E-state index in [1.807, 2.05) is 6.92 Å². The Bertz CT molecular complexity index is 156. The van der Waals surface area contributed by atoms with Crippen molar-refractivity contribution in [1.82, 2.24) is 5.43 Å². The highest BCUT2D eigenvalue weighted by Gasteiger charge is 2.10. The molecule has 1 unspecified atom stereocenters. The first kappa shape index (κ1) is 5.52. The summed E-state index contributed by atoms with van der Waals surface area (Å²) in [5.74, 6) is 2.44. The normalized spacial score (nSPS) is 26.0. The molecule has 1 aliphatic heterocycles. The van der Waals surface area contributed by atoms with Gasteiger partial charge in [0, 0.05) is 0 Å². The molecule has 0 saturated heterocycles. The van der Waals surface area contributed by atoms with E-state index in [9.17, 15) is 0 Å². The minimum absolute atomic E-state index is 0.348. The van der Waals surface area contributed by atoms with Gasteiger partial charge in [-0.3, -0.25) is 5.43 Å². The van der Waals surface area contributed by atoms with Gasteiger partial charge in [0.1, 0.15) is 0 Å². The van der Waals surface area contributed by atoms with Gasteiger partial charge in [0.25, 0.3) is 0 Å². The highest BCUT2D eigenvalue weighted by atomic mass is 32.2. The van der Waals surface area contributed by atoms with Gasteiger partial charge in [0.05, 0.1) is 5.37 Å². The van der Waals surface area contributed by atoms with Crippen molar-refractivity contribution >= 4 is 16.8 Å². The number of hydrogen-bond acceptors (Lipinski definition) is 3. The van der Waals surface area contributed by atoms with Crippen molar-refractivity contribution in [3.8, 4) is 12.3 Å². The summed E-state index contributed by atoms with van der Waals surface area (Å²) in [6.45, 7) is 2.01. The highest BCUT2D eigenvalue weighted by Crippen LogP contribution is 2.14. The van der Waals surface area contributed by atoms with Crippen LogP contribution in [0.5, 0.6) is 0 Å². The van der Waals surface area contributed by atoms with E-state index in [0.29, 0.717) is 5.37 Å². The first-order valence-electron chi connectivity index (χ1n) is 2.29. The molecule has 3 heteroatoms. The number of terminal acetylenes is 1. The van der Waals surface area contributed by atoms with Gasteiger partial charge in [-0.15, -0.1) is 6.42 Å². The van der Waals surface area contributed by atoms with Crippen LogP contribution in [0.25, 0.3) is 0 Å². The number of nitrogens with zero attached hydrogens (tertiary/aromatic N) is 1. The maximum atomic E-state index is 5.05. The molecule has 1 atom stereocenters.